The van der Waals surface area contributed by atoms with E-state index < -0.39 is 24.6 Å². The van der Waals surface area contributed by atoms with E-state index in [1.807, 2.05) is 0 Å². The molecule has 0 bridgehead atoms. The van der Waals surface area contributed by atoms with Crippen molar-refractivity contribution in [3.05, 3.63) is 29.8 Å². The molecule has 0 aliphatic carbocycles. The number of rotatable bonds is 4. The van der Waals surface area contributed by atoms with Crippen molar-refractivity contribution in [3.63, 3.8) is 0 Å². The molecule has 0 saturated heterocycles. The van der Waals surface area contributed by atoms with E-state index in [4.69, 9.17) is 10.0 Å². The van der Waals surface area contributed by atoms with E-state index in [1.54, 1.807) is 0 Å². The fourth-order valence-corrected chi connectivity index (χ4v) is 1.23. The summed E-state index contributed by atoms with van der Waals surface area (Å²) in [5.41, 5.74) is -0.756. The molecule has 17 heavy (non-hydrogen) atoms. The van der Waals surface area contributed by atoms with Crippen molar-refractivity contribution in [1.29, 1.82) is 0 Å². The van der Waals surface area contributed by atoms with Crippen molar-refractivity contribution in [1.82, 2.24) is 0 Å². The van der Waals surface area contributed by atoms with E-state index in [2.05, 4.69) is 4.74 Å². The van der Waals surface area contributed by atoms with Crippen molar-refractivity contribution in [2.45, 2.75) is 12.8 Å². The fraction of sp³-hybridized carbons (Fsp3) is 0.300. The molecule has 0 aromatic heterocycles. The van der Waals surface area contributed by atoms with Crippen LogP contribution in [0.2, 0.25) is 0 Å². The van der Waals surface area contributed by atoms with Crippen LogP contribution in [-0.2, 0) is 15.5 Å². The molecule has 92 valence electrons. The van der Waals surface area contributed by atoms with Gasteiger partial charge in [0.05, 0.1) is 6.61 Å². The van der Waals surface area contributed by atoms with Gasteiger partial charge in [-0.15, -0.1) is 0 Å². The topological polar surface area (TPSA) is 66.8 Å². The maximum absolute atomic E-state index is 13.5. The van der Waals surface area contributed by atoms with Gasteiger partial charge in [-0.2, -0.15) is 8.78 Å². The summed E-state index contributed by atoms with van der Waals surface area (Å²) >= 11 is 0. The third-order valence-electron chi connectivity index (χ3n) is 2.08. The molecule has 2 N–H and O–H groups in total. The lowest BCUT2D eigenvalue weighted by Gasteiger charge is -2.15. The number of hydrogen-bond acceptors (Lipinski definition) is 4. The van der Waals surface area contributed by atoms with Crippen LogP contribution >= 0.6 is 0 Å². The Kier molecular flexibility index (Phi) is 4.19. The zero-order valence-corrected chi connectivity index (χ0v) is 9.06. The summed E-state index contributed by atoms with van der Waals surface area (Å²) in [5, 5.41) is 17.7. The van der Waals surface area contributed by atoms with Crippen molar-refractivity contribution in [2.75, 3.05) is 6.61 Å². The Morgan fingerprint density at radius 3 is 2.65 bits per heavy atom. The van der Waals surface area contributed by atoms with Gasteiger partial charge in [-0.05, 0) is 12.4 Å². The molecule has 0 aliphatic rings. The first-order chi connectivity index (χ1) is 7.89. The zero-order chi connectivity index (χ0) is 13.1. The van der Waals surface area contributed by atoms with Crippen LogP contribution < -0.4 is 5.46 Å². The molecule has 0 saturated carbocycles. The Labute approximate surface area is 97.0 Å². The van der Waals surface area contributed by atoms with Gasteiger partial charge in [0.25, 0.3) is 0 Å². The Morgan fingerprint density at radius 2 is 2.12 bits per heavy atom. The second-order valence-electron chi connectivity index (χ2n) is 3.29. The van der Waals surface area contributed by atoms with E-state index in [-0.39, 0.29) is 12.1 Å². The predicted octanol–water partition coefficient (Wildman–Crippen LogP) is 0.0213. The maximum atomic E-state index is 13.5. The standard InChI is InChI=1S/C10H11BF2O4/c1-2-17-9(14)10(12,13)7-4-3-5-8(6-7)11(15)16/h3-6,15-16H,2H2,1H3. The first-order valence-corrected chi connectivity index (χ1v) is 4.91. The van der Waals surface area contributed by atoms with Crippen molar-refractivity contribution in [2.24, 2.45) is 0 Å². The lowest BCUT2D eigenvalue weighted by Crippen LogP contribution is -2.33. The van der Waals surface area contributed by atoms with Crippen LogP contribution in [0.3, 0.4) is 0 Å². The molecule has 0 unspecified atom stereocenters. The highest BCUT2D eigenvalue weighted by molar-refractivity contribution is 6.58. The number of esters is 1. The largest absolute Gasteiger partial charge is 0.488 e. The van der Waals surface area contributed by atoms with Crippen LogP contribution in [0.25, 0.3) is 0 Å². The molecule has 0 atom stereocenters. The normalized spacial score (nSPS) is 11.1. The molecule has 1 rings (SSSR count). The molecular weight excluding hydrogens is 233 g/mol. The summed E-state index contributed by atoms with van der Waals surface area (Å²) in [5.74, 6) is -5.47. The Balaban J connectivity index is 3.06. The van der Waals surface area contributed by atoms with Crippen LogP contribution in [0, 0.1) is 0 Å². The Bertz CT molecular complexity index is 409. The van der Waals surface area contributed by atoms with Gasteiger partial charge in [0, 0.05) is 5.56 Å². The van der Waals surface area contributed by atoms with Gasteiger partial charge in [-0.25, -0.2) is 4.79 Å². The van der Waals surface area contributed by atoms with Gasteiger partial charge >= 0.3 is 19.0 Å². The minimum atomic E-state index is -3.80. The number of ether oxygens (including phenoxy) is 1. The van der Waals surface area contributed by atoms with E-state index in [0.29, 0.717) is 0 Å². The minimum absolute atomic E-state index is 0.119. The number of carbonyl (C=O) groups is 1. The van der Waals surface area contributed by atoms with Gasteiger partial charge in [-0.1, -0.05) is 24.3 Å². The van der Waals surface area contributed by atoms with Gasteiger partial charge in [-0.3, -0.25) is 0 Å². The quantitative estimate of drug-likeness (QED) is 0.578. The predicted molar refractivity (Wildman–Crippen MR) is 56.8 cm³/mol. The number of benzene rings is 1. The van der Waals surface area contributed by atoms with Crippen LogP contribution in [0.5, 0.6) is 0 Å². The van der Waals surface area contributed by atoms with Crippen molar-refractivity contribution < 1.29 is 28.4 Å². The third kappa shape index (κ3) is 3.01. The average molecular weight is 244 g/mol. The Hall–Kier alpha value is -1.47. The second-order valence-corrected chi connectivity index (χ2v) is 3.29. The van der Waals surface area contributed by atoms with Gasteiger partial charge < -0.3 is 14.8 Å². The molecule has 0 spiro atoms. The van der Waals surface area contributed by atoms with Gasteiger partial charge in [0.15, 0.2) is 0 Å². The molecule has 0 radical (unpaired) electrons. The molecule has 0 amide bonds. The van der Waals surface area contributed by atoms with Crippen LogP contribution in [-0.4, -0.2) is 29.7 Å². The highest BCUT2D eigenvalue weighted by Gasteiger charge is 2.42. The molecule has 1 aromatic rings. The monoisotopic (exact) mass is 244 g/mol. The first kappa shape index (κ1) is 13.6. The molecule has 0 aliphatic heterocycles. The van der Waals surface area contributed by atoms with Crippen LogP contribution in [0.15, 0.2) is 24.3 Å². The van der Waals surface area contributed by atoms with Gasteiger partial charge in [0.2, 0.25) is 0 Å². The fourth-order valence-electron chi connectivity index (χ4n) is 1.23. The maximum Gasteiger partial charge on any atom is 0.488 e. The average Bonchev–Trinajstić information content (AvgIpc) is 2.29. The summed E-state index contributed by atoms with van der Waals surface area (Å²) in [6, 6.07) is 4.33. The Morgan fingerprint density at radius 1 is 1.47 bits per heavy atom. The second kappa shape index (κ2) is 5.24. The highest BCUT2D eigenvalue weighted by Crippen LogP contribution is 2.28. The summed E-state index contributed by atoms with van der Waals surface area (Å²) in [6.45, 7) is 1.26. The summed E-state index contributed by atoms with van der Waals surface area (Å²) < 4.78 is 31.3. The molecule has 4 nitrogen and oxygen atoms in total. The number of alkyl halides is 2. The van der Waals surface area contributed by atoms with Crippen molar-refractivity contribution in [3.8, 4) is 0 Å². The van der Waals surface area contributed by atoms with Crippen molar-refractivity contribution >= 4 is 18.6 Å². The van der Waals surface area contributed by atoms with Crippen LogP contribution in [0.4, 0.5) is 8.78 Å². The third-order valence-corrected chi connectivity index (χ3v) is 2.08. The number of hydrogen-bond donors (Lipinski definition) is 2. The van der Waals surface area contributed by atoms with E-state index >= 15 is 0 Å². The summed E-state index contributed by atoms with van der Waals surface area (Å²) in [4.78, 5) is 11.0. The first-order valence-electron chi connectivity index (χ1n) is 4.91. The highest BCUT2D eigenvalue weighted by atomic mass is 19.3. The zero-order valence-electron chi connectivity index (χ0n) is 9.06. The molecule has 7 heteroatoms. The molecular formula is C10H11BF2O4. The van der Waals surface area contributed by atoms with Gasteiger partial charge in [0.1, 0.15) is 0 Å². The SMILES string of the molecule is CCOC(=O)C(F)(F)c1cccc(B(O)O)c1. The molecule has 0 fully saturated rings. The van der Waals surface area contributed by atoms with Crippen LogP contribution in [0.1, 0.15) is 12.5 Å². The van der Waals surface area contributed by atoms with E-state index in [0.717, 1.165) is 12.1 Å². The smallest absolute Gasteiger partial charge is 0.461 e. The van der Waals surface area contributed by atoms with E-state index in [1.165, 1.54) is 19.1 Å². The number of halogens is 2. The lowest BCUT2D eigenvalue weighted by molar-refractivity contribution is -0.173. The summed E-state index contributed by atoms with van der Waals surface area (Å²) in [6.07, 6.45) is 0. The number of carbonyl (C=O) groups excluding carboxylic acids is 1. The molecule has 0 heterocycles. The lowest BCUT2D eigenvalue weighted by atomic mass is 9.79. The van der Waals surface area contributed by atoms with E-state index in [9.17, 15) is 13.6 Å². The minimum Gasteiger partial charge on any atom is -0.461 e. The molecule has 1 aromatic carbocycles. The summed E-state index contributed by atoms with van der Waals surface area (Å²) in [7, 11) is -1.87.